The molecule has 3 N–H and O–H groups in total. The number of nitrogens with one attached hydrogen (secondary N) is 3. The van der Waals surface area contributed by atoms with Crippen molar-refractivity contribution in [3.05, 3.63) is 76.7 Å². The van der Waals surface area contributed by atoms with Crippen molar-refractivity contribution in [1.29, 1.82) is 0 Å². The SMILES string of the molecule is CC(CCC(=O)NC=O)NC(=O)c1ccc(CNCC2CCN(c3ncc(-c4cccc(Cl)c4)cc3C(F)(F)F)CC2)nc1. The van der Waals surface area contributed by atoms with Crippen LogP contribution in [0.15, 0.2) is 54.9 Å². The van der Waals surface area contributed by atoms with Crippen molar-refractivity contribution in [3.8, 4) is 11.1 Å². The lowest BCUT2D eigenvalue weighted by Crippen LogP contribution is -2.38. The summed E-state index contributed by atoms with van der Waals surface area (Å²) in [6.45, 7) is 3.85. The average Bonchev–Trinajstić information content (AvgIpc) is 3.00. The lowest BCUT2D eigenvalue weighted by molar-refractivity contribution is -0.137. The van der Waals surface area contributed by atoms with Crippen molar-refractivity contribution in [1.82, 2.24) is 25.9 Å². The van der Waals surface area contributed by atoms with E-state index >= 15 is 0 Å². The maximum Gasteiger partial charge on any atom is 0.419 e. The van der Waals surface area contributed by atoms with E-state index in [1.807, 2.05) is 0 Å². The van der Waals surface area contributed by atoms with E-state index in [0.29, 0.717) is 73.6 Å². The summed E-state index contributed by atoms with van der Waals surface area (Å²) in [5, 5.41) is 8.66. The van der Waals surface area contributed by atoms with Gasteiger partial charge in [-0.25, -0.2) is 4.98 Å². The van der Waals surface area contributed by atoms with Crippen molar-refractivity contribution in [2.45, 2.75) is 51.4 Å². The highest BCUT2D eigenvalue weighted by molar-refractivity contribution is 6.30. The van der Waals surface area contributed by atoms with Crippen LogP contribution >= 0.6 is 11.6 Å². The highest BCUT2D eigenvalue weighted by Crippen LogP contribution is 2.39. The van der Waals surface area contributed by atoms with Gasteiger partial charge in [0.25, 0.3) is 5.91 Å². The van der Waals surface area contributed by atoms with Crippen LogP contribution in [0.25, 0.3) is 11.1 Å². The fourth-order valence-electron chi connectivity index (χ4n) is 5.03. The first kappa shape index (κ1) is 32.9. The number of benzene rings is 1. The zero-order valence-corrected chi connectivity index (χ0v) is 24.9. The van der Waals surface area contributed by atoms with Gasteiger partial charge >= 0.3 is 6.18 Å². The Balaban J connectivity index is 1.24. The number of hydrogen-bond donors (Lipinski definition) is 3. The highest BCUT2D eigenvalue weighted by Gasteiger charge is 2.37. The van der Waals surface area contributed by atoms with Gasteiger partial charge in [-0.2, -0.15) is 13.2 Å². The predicted molar refractivity (Wildman–Crippen MR) is 161 cm³/mol. The number of alkyl halides is 3. The molecule has 1 aliphatic rings. The van der Waals surface area contributed by atoms with Gasteiger partial charge < -0.3 is 15.5 Å². The topological polar surface area (TPSA) is 116 Å². The number of piperidine rings is 1. The second-order valence-corrected chi connectivity index (χ2v) is 11.2. The summed E-state index contributed by atoms with van der Waals surface area (Å²) in [6.07, 6.45) is 0.653. The van der Waals surface area contributed by atoms with Gasteiger partial charge in [-0.15, -0.1) is 0 Å². The van der Waals surface area contributed by atoms with Crippen LogP contribution in [0.4, 0.5) is 19.0 Å². The lowest BCUT2D eigenvalue weighted by Gasteiger charge is -2.34. The molecule has 13 heteroatoms. The molecule has 1 fully saturated rings. The number of nitrogens with zero attached hydrogens (tertiary/aromatic N) is 3. The molecule has 234 valence electrons. The molecule has 0 bridgehead atoms. The molecule has 0 spiro atoms. The van der Waals surface area contributed by atoms with Crippen molar-refractivity contribution in [3.63, 3.8) is 0 Å². The molecule has 1 aromatic carbocycles. The van der Waals surface area contributed by atoms with Crippen LogP contribution < -0.4 is 20.9 Å². The summed E-state index contributed by atoms with van der Waals surface area (Å²) in [6, 6.07) is 11.0. The van der Waals surface area contributed by atoms with Crippen molar-refractivity contribution >= 4 is 35.6 Å². The van der Waals surface area contributed by atoms with Gasteiger partial charge in [-0.05, 0) is 74.5 Å². The van der Waals surface area contributed by atoms with Crippen molar-refractivity contribution in [2.75, 3.05) is 24.5 Å². The normalized spacial score (nSPS) is 14.6. The van der Waals surface area contributed by atoms with Crippen LogP contribution in [-0.2, 0) is 22.3 Å². The number of amides is 3. The van der Waals surface area contributed by atoms with Gasteiger partial charge in [0.2, 0.25) is 12.3 Å². The van der Waals surface area contributed by atoms with Gasteiger partial charge in [0.05, 0.1) is 16.8 Å². The quantitative estimate of drug-likeness (QED) is 0.241. The number of hydrogen-bond acceptors (Lipinski definition) is 7. The van der Waals surface area contributed by atoms with E-state index in [4.69, 9.17) is 11.6 Å². The molecule has 1 aliphatic heterocycles. The lowest BCUT2D eigenvalue weighted by atomic mass is 9.96. The highest BCUT2D eigenvalue weighted by atomic mass is 35.5. The molecule has 1 atom stereocenters. The summed E-state index contributed by atoms with van der Waals surface area (Å²) in [5.41, 5.74) is 1.31. The van der Waals surface area contributed by atoms with E-state index in [1.165, 1.54) is 12.4 Å². The Bertz CT molecular complexity index is 1450. The minimum absolute atomic E-state index is 0.0548. The van der Waals surface area contributed by atoms with E-state index in [-0.39, 0.29) is 30.1 Å². The molecule has 2 aromatic heterocycles. The molecular formula is C31H34ClF3N6O3. The standard InChI is InChI=1S/C31H34ClF3N6O3/c1-20(5-8-28(43)39-19-42)40-30(44)23-6-7-26(37-16-23)18-36-15-21-9-11-41(12-10-21)29-27(31(33,34)35)14-24(17-38-29)22-3-2-4-25(32)13-22/h2-4,6-7,13-14,16-17,19-21,36H,5,8-12,15,18H2,1H3,(H,40,44)(H,39,42,43). The molecule has 0 saturated carbocycles. The molecule has 44 heavy (non-hydrogen) atoms. The summed E-state index contributed by atoms with van der Waals surface area (Å²) in [5.74, 6) is -0.486. The summed E-state index contributed by atoms with van der Waals surface area (Å²) in [4.78, 5) is 44.4. The second kappa shape index (κ2) is 15.1. The van der Waals surface area contributed by atoms with Gasteiger partial charge in [-0.1, -0.05) is 23.7 Å². The number of carbonyl (C=O) groups excluding carboxylic acids is 3. The molecule has 3 aromatic rings. The zero-order valence-electron chi connectivity index (χ0n) is 24.2. The molecule has 3 heterocycles. The Hall–Kier alpha value is -4.03. The van der Waals surface area contributed by atoms with E-state index in [0.717, 1.165) is 11.8 Å². The molecule has 3 amide bonds. The van der Waals surface area contributed by atoms with Gasteiger partial charge in [0.1, 0.15) is 5.82 Å². The third-order valence-electron chi connectivity index (χ3n) is 7.47. The van der Waals surface area contributed by atoms with Crippen LogP contribution in [0.5, 0.6) is 0 Å². The number of carbonyl (C=O) groups is 3. The number of aromatic nitrogens is 2. The minimum atomic E-state index is -4.55. The van der Waals surface area contributed by atoms with Crippen LogP contribution in [0.1, 0.15) is 54.2 Å². The minimum Gasteiger partial charge on any atom is -0.356 e. The number of anilines is 1. The van der Waals surface area contributed by atoms with E-state index in [1.54, 1.807) is 48.2 Å². The molecule has 1 saturated heterocycles. The molecule has 0 radical (unpaired) electrons. The predicted octanol–water partition coefficient (Wildman–Crippen LogP) is 4.99. The van der Waals surface area contributed by atoms with Crippen LogP contribution in [0.2, 0.25) is 5.02 Å². The number of rotatable bonds is 12. The Morgan fingerprint density at radius 2 is 1.86 bits per heavy atom. The fourth-order valence-corrected chi connectivity index (χ4v) is 5.22. The Morgan fingerprint density at radius 3 is 2.52 bits per heavy atom. The molecule has 4 rings (SSSR count). The molecule has 0 aliphatic carbocycles. The van der Waals surface area contributed by atoms with Crippen LogP contribution in [0.3, 0.4) is 0 Å². The maximum atomic E-state index is 14.0. The molecule has 1 unspecified atom stereocenters. The maximum absolute atomic E-state index is 14.0. The first-order valence-corrected chi connectivity index (χ1v) is 14.7. The molecule has 9 nitrogen and oxygen atoms in total. The number of pyridine rings is 2. The monoisotopic (exact) mass is 630 g/mol. The summed E-state index contributed by atoms with van der Waals surface area (Å²) in [7, 11) is 0. The number of imide groups is 1. The van der Waals surface area contributed by atoms with Gasteiger partial charge in [0, 0.05) is 55.1 Å². The number of halogens is 4. The summed E-state index contributed by atoms with van der Waals surface area (Å²) >= 11 is 6.03. The third kappa shape index (κ3) is 9.23. The fraction of sp³-hybridized carbons (Fsp3) is 0.387. The Kier molecular flexibility index (Phi) is 11.3. The van der Waals surface area contributed by atoms with E-state index < -0.39 is 17.6 Å². The van der Waals surface area contributed by atoms with Crippen LogP contribution in [-0.4, -0.2) is 53.9 Å². The van der Waals surface area contributed by atoms with Gasteiger partial charge in [0.15, 0.2) is 0 Å². The smallest absolute Gasteiger partial charge is 0.356 e. The first-order valence-electron chi connectivity index (χ1n) is 14.3. The van der Waals surface area contributed by atoms with Crippen LogP contribution in [0, 0.1) is 5.92 Å². The average molecular weight is 631 g/mol. The second-order valence-electron chi connectivity index (χ2n) is 10.8. The van der Waals surface area contributed by atoms with Crippen molar-refractivity contribution in [2.24, 2.45) is 5.92 Å². The third-order valence-corrected chi connectivity index (χ3v) is 7.71. The van der Waals surface area contributed by atoms with Crippen molar-refractivity contribution < 1.29 is 27.6 Å². The Labute approximate surface area is 258 Å². The Morgan fingerprint density at radius 1 is 1.09 bits per heavy atom. The zero-order chi connectivity index (χ0) is 31.7. The molecular weight excluding hydrogens is 597 g/mol. The largest absolute Gasteiger partial charge is 0.419 e. The first-order chi connectivity index (χ1) is 21.0. The van der Waals surface area contributed by atoms with E-state index in [2.05, 4.69) is 25.9 Å². The van der Waals surface area contributed by atoms with E-state index in [9.17, 15) is 27.6 Å². The van der Waals surface area contributed by atoms with Gasteiger partial charge in [-0.3, -0.25) is 24.7 Å². The summed E-state index contributed by atoms with van der Waals surface area (Å²) < 4.78 is 42.1.